The summed E-state index contributed by atoms with van der Waals surface area (Å²) in [6.07, 6.45) is 0.869. The van der Waals surface area contributed by atoms with E-state index in [1.807, 2.05) is 13.8 Å². The minimum absolute atomic E-state index is 0.107. The molecule has 1 fully saturated rings. The highest BCUT2D eigenvalue weighted by atomic mass is 19.1. The maximum atomic E-state index is 13.1. The molecule has 1 amide bonds. The Labute approximate surface area is 159 Å². The Kier molecular flexibility index (Phi) is 5.88. The monoisotopic (exact) mass is 371 g/mol. The van der Waals surface area contributed by atoms with Crippen LogP contribution in [0.15, 0.2) is 30.3 Å². The fraction of sp³-hybridized carbons (Fsp3) is 0.450. The van der Waals surface area contributed by atoms with E-state index in [9.17, 15) is 9.18 Å². The van der Waals surface area contributed by atoms with Crippen LogP contribution >= 0.6 is 0 Å². The highest BCUT2D eigenvalue weighted by Gasteiger charge is 2.21. The van der Waals surface area contributed by atoms with Crippen LogP contribution in [0.25, 0.3) is 0 Å². The number of carbonyl (C=O) groups excluding carboxylic acids is 1. The number of aryl methyl sites for hydroxylation is 1. The lowest BCUT2D eigenvalue weighted by Crippen LogP contribution is -2.47. The van der Waals surface area contributed by atoms with Crippen molar-refractivity contribution in [3.05, 3.63) is 47.7 Å². The predicted molar refractivity (Wildman–Crippen MR) is 105 cm³/mol. The van der Waals surface area contributed by atoms with Crippen LogP contribution in [-0.2, 0) is 0 Å². The van der Waals surface area contributed by atoms with Gasteiger partial charge in [0.15, 0.2) is 0 Å². The Bertz CT molecular complexity index is 787. The number of hydrogen-bond acceptors (Lipinski definition) is 5. The molecule has 0 spiro atoms. The summed E-state index contributed by atoms with van der Waals surface area (Å²) in [5.74, 6) is 0.969. The van der Waals surface area contributed by atoms with Gasteiger partial charge in [-0.1, -0.05) is 6.92 Å². The second-order valence-electron chi connectivity index (χ2n) is 6.89. The van der Waals surface area contributed by atoms with Crippen LogP contribution < -0.4 is 15.1 Å². The molecule has 1 aliphatic rings. The van der Waals surface area contributed by atoms with E-state index in [2.05, 4.69) is 25.1 Å². The number of hydrogen-bond donors (Lipinski definition) is 1. The number of halogens is 1. The molecule has 1 aliphatic heterocycles. The van der Waals surface area contributed by atoms with E-state index in [1.165, 1.54) is 12.1 Å². The van der Waals surface area contributed by atoms with Crippen LogP contribution in [0.4, 0.5) is 15.9 Å². The minimum atomic E-state index is -0.225. The lowest BCUT2D eigenvalue weighted by atomic mass is 10.2. The van der Waals surface area contributed by atoms with Crippen LogP contribution in [0.5, 0.6) is 0 Å². The van der Waals surface area contributed by atoms with E-state index in [4.69, 9.17) is 0 Å². The number of anilines is 2. The van der Waals surface area contributed by atoms with Gasteiger partial charge >= 0.3 is 0 Å². The first kappa shape index (κ1) is 19.1. The van der Waals surface area contributed by atoms with Gasteiger partial charge in [0, 0.05) is 44.0 Å². The highest BCUT2D eigenvalue weighted by Crippen LogP contribution is 2.20. The maximum Gasteiger partial charge on any atom is 0.270 e. The molecule has 1 unspecified atom stereocenters. The molecule has 1 N–H and O–H groups in total. The third kappa shape index (κ3) is 4.72. The van der Waals surface area contributed by atoms with Gasteiger partial charge in [-0.2, -0.15) is 0 Å². The van der Waals surface area contributed by atoms with Crippen molar-refractivity contribution in [2.45, 2.75) is 33.2 Å². The lowest BCUT2D eigenvalue weighted by Gasteiger charge is -2.36. The van der Waals surface area contributed by atoms with Gasteiger partial charge in [0.2, 0.25) is 0 Å². The van der Waals surface area contributed by atoms with Crippen LogP contribution in [0.3, 0.4) is 0 Å². The van der Waals surface area contributed by atoms with E-state index >= 15 is 0 Å². The van der Waals surface area contributed by atoms with Gasteiger partial charge in [0.1, 0.15) is 23.2 Å². The van der Waals surface area contributed by atoms with Crippen molar-refractivity contribution in [2.75, 3.05) is 36.0 Å². The second kappa shape index (κ2) is 8.33. The van der Waals surface area contributed by atoms with Gasteiger partial charge in [0.05, 0.1) is 0 Å². The molecule has 27 heavy (non-hydrogen) atoms. The van der Waals surface area contributed by atoms with Gasteiger partial charge in [-0.25, -0.2) is 14.4 Å². The Hall–Kier alpha value is -2.70. The Morgan fingerprint density at radius 3 is 2.41 bits per heavy atom. The summed E-state index contributed by atoms with van der Waals surface area (Å²) < 4.78 is 13.1. The first-order chi connectivity index (χ1) is 13.0. The fourth-order valence-corrected chi connectivity index (χ4v) is 3.08. The smallest absolute Gasteiger partial charge is 0.270 e. The minimum Gasteiger partial charge on any atom is -0.368 e. The van der Waals surface area contributed by atoms with Gasteiger partial charge in [-0.05, 0) is 44.5 Å². The summed E-state index contributed by atoms with van der Waals surface area (Å²) in [7, 11) is 0. The molecular formula is C20H26FN5O. The molecule has 2 aromatic rings. The molecule has 0 saturated carbocycles. The summed E-state index contributed by atoms with van der Waals surface area (Å²) in [5, 5.41) is 2.95. The SMILES string of the molecule is CCC(C)NC(=O)c1cc(N2CCN(c3ccc(F)cc3)CC2)nc(C)n1. The molecule has 0 bridgehead atoms. The van der Waals surface area contributed by atoms with Crippen molar-refractivity contribution in [2.24, 2.45) is 0 Å². The van der Waals surface area contributed by atoms with Gasteiger partial charge in [0.25, 0.3) is 5.91 Å². The summed E-state index contributed by atoms with van der Waals surface area (Å²) in [6, 6.07) is 8.44. The van der Waals surface area contributed by atoms with Gasteiger partial charge in [-0.3, -0.25) is 4.79 Å². The molecule has 2 heterocycles. The zero-order chi connectivity index (χ0) is 19.4. The third-order valence-electron chi connectivity index (χ3n) is 4.84. The number of benzene rings is 1. The average Bonchev–Trinajstić information content (AvgIpc) is 2.68. The normalized spacial score (nSPS) is 15.6. The molecule has 144 valence electrons. The molecule has 6 nitrogen and oxygen atoms in total. The van der Waals surface area contributed by atoms with Crippen molar-refractivity contribution in [1.82, 2.24) is 15.3 Å². The summed E-state index contributed by atoms with van der Waals surface area (Å²) >= 11 is 0. The van der Waals surface area contributed by atoms with Gasteiger partial charge < -0.3 is 15.1 Å². The molecule has 1 aromatic heterocycles. The Balaban J connectivity index is 1.68. The number of aromatic nitrogens is 2. The zero-order valence-corrected chi connectivity index (χ0v) is 16.1. The number of piperazine rings is 1. The largest absolute Gasteiger partial charge is 0.368 e. The number of nitrogens with zero attached hydrogens (tertiary/aromatic N) is 4. The quantitative estimate of drug-likeness (QED) is 0.876. The van der Waals surface area contributed by atoms with Crippen molar-refractivity contribution in [1.29, 1.82) is 0 Å². The third-order valence-corrected chi connectivity index (χ3v) is 4.84. The molecule has 1 atom stereocenters. The zero-order valence-electron chi connectivity index (χ0n) is 16.1. The standard InChI is InChI=1S/C20H26FN5O/c1-4-14(2)22-20(27)18-13-19(24-15(3)23-18)26-11-9-25(10-12-26)17-7-5-16(21)6-8-17/h5-8,13-14H,4,9-12H2,1-3H3,(H,22,27). The Morgan fingerprint density at radius 2 is 1.78 bits per heavy atom. The number of amides is 1. The molecular weight excluding hydrogens is 345 g/mol. The van der Waals surface area contributed by atoms with E-state index in [1.54, 1.807) is 25.1 Å². The maximum absolute atomic E-state index is 13.1. The second-order valence-corrected chi connectivity index (χ2v) is 6.89. The molecule has 0 radical (unpaired) electrons. The van der Waals surface area contributed by atoms with Crippen molar-refractivity contribution in [3.8, 4) is 0 Å². The molecule has 3 rings (SSSR count). The summed E-state index contributed by atoms with van der Waals surface area (Å²) in [6.45, 7) is 8.98. The van der Waals surface area contributed by atoms with Gasteiger partial charge in [-0.15, -0.1) is 0 Å². The molecule has 1 saturated heterocycles. The van der Waals surface area contributed by atoms with E-state index in [0.29, 0.717) is 11.5 Å². The van der Waals surface area contributed by atoms with Crippen molar-refractivity contribution >= 4 is 17.4 Å². The lowest BCUT2D eigenvalue weighted by molar-refractivity contribution is 0.0934. The fourth-order valence-electron chi connectivity index (χ4n) is 3.08. The Morgan fingerprint density at radius 1 is 1.15 bits per heavy atom. The first-order valence-corrected chi connectivity index (χ1v) is 9.38. The predicted octanol–water partition coefficient (Wildman–Crippen LogP) is 2.78. The highest BCUT2D eigenvalue weighted by molar-refractivity contribution is 5.93. The van der Waals surface area contributed by atoms with Crippen LogP contribution in [0.1, 0.15) is 36.6 Å². The van der Waals surface area contributed by atoms with Crippen LogP contribution in [0.2, 0.25) is 0 Å². The topological polar surface area (TPSA) is 61.4 Å². The van der Waals surface area contributed by atoms with Crippen LogP contribution in [0, 0.1) is 12.7 Å². The van der Waals surface area contributed by atoms with Crippen LogP contribution in [-0.4, -0.2) is 48.1 Å². The number of nitrogens with one attached hydrogen (secondary N) is 1. The van der Waals surface area contributed by atoms with Crippen molar-refractivity contribution in [3.63, 3.8) is 0 Å². The number of rotatable bonds is 5. The number of carbonyl (C=O) groups is 1. The van der Waals surface area contributed by atoms with E-state index in [-0.39, 0.29) is 17.8 Å². The van der Waals surface area contributed by atoms with E-state index < -0.39 is 0 Å². The summed E-state index contributed by atoms with van der Waals surface area (Å²) in [5.41, 5.74) is 1.42. The molecule has 0 aliphatic carbocycles. The van der Waals surface area contributed by atoms with Crippen molar-refractivity contribution < 1.29 is 9.18 Å². The average molecular weight is 371 g/mol. The van der Waals surface area contributed by atoms with E-state index in [0.717, 1.165) is 44.1 Å². The molecule has 1 aromatic carbocycles. The molecule has 7 heteroatoms. The summed E-state index contributed by atoms with van der Waals surface area (Å²) in [4.78, 5) is 25.6. The first-order valence-electron chi connectivity index (χ1n) is 9.38.